The van der Waals surface area contributed by atoms with Gasteiger partial charge in [0.15, 0.2) is 0 Å². The summed E-state index contributed by atoms with van der Waals surface area (Å²) in [6.07, 6.45) is 1.03. The van der Waals surface area contributed by atoms with Gasteiger partial charge in [-0.05, 0) is 61.7 Å². The van der Waals surface area contributed by atoms with E-state index in [1.54, 1.807) is 54.6 Å². The van der Waals surface area contributed by atoms with Crippen molar-refractivity contribution < 1.29 is 27.5 Å². The van der Waals surface area contributed by atoms with Gasteiger partial charge in [-0.15, -0.1) is 0 Å². The zero-order chi connectivity index (χ0) is 30.9. The van der Waals surface area contributed by atoms with E-state index >= 15 is 0 Å². The Bertz CT molecular complexity index is 1450. The van der Waals surface area contributed by atoms with Crippen LogP contribution in [-0.2, 0) is 26.2 Å². The summed E-state index contributed by atoms with van der Waals surface area (Å²) in [5, 5.41) is 3.49. The number of sulfonamides is 1. The van der Waals surface area contributed by atoms with Crippen LogP contribution >= 0.6 is 11.6 Å². The maximum Gasteiger partial charge on any atom is 0.264 e. The van der Waals surface area contributed by atoms with E-state index in [0.717, 1.165) is 9.87 Å². The highest BCUT2D eigenvalue weighted by Crippen LogP contribution is 2.36. The van der Waals surface area contributed by atoms with Crippen LogP contribution in [0.15, 0.2) is 77.7 Å². The van der Waals surface area contributed by atoms with E-state index in [0.29, 0.717) is 23.6 Å². The van der Waals surface area contributed by atoms with Crippen LogP contribution in [-0.4, -0.2) is 58.0 Å². The Morgan fingerprint density at radius 2 is 1.60 bits per heavy atom. The van der Waals surface area contributed by atoms with Gasteiger partial charge >= 0.3 is 0 Å². The Morgan fingerprint density at radius 3 is 2.17 bits per heavy atom. The number of nitrogens with zero attached hydrogens (tertiary/aromatic N) is 2. The summed E-state index contributed by atoms with van der Waals surface area (Å²) in [6.45, 7) is 5.13. The number of rotatable bonds is 14. The normalized spacial score (nSPS) is 12.6. The summed E-state index contributed by atoms with van der Waals surface area (Å²) < 4.78 is 40.0. The second kappa shape index (κ2) is 14.9. The van der Waals surface area contributed by atoms with E-state index in [-0.39, 0.29) is 34.8 Å². The maximum absolute atomic E-state index is 14.2. The van der Waals surface area contributed by atoms with E-state index < -0.39 is 28.5 Å². The van der Waals surface area contributed by atoms with Crippen LogP contribution < -0.4 is 19.1 Å². The Balaban J connectivity index is 2.13. The zero-order valence-electron chi connectivity index (χ0n) is 24.5. The van der Waals surface area contributed by atoms with E-state index in [1.807, 2.05) is 20.8 Å². The first-order valence-corrected chi connectivity index (χ1v) is 15.5. The third-order valence-corrected chi connectivity index (χ3v) is 8.94. The van der Waals surface area contributed by atoms with Crippen molar-refractivity contribution in [2.45, 2.75) is 57.1 Å². The van der Waals surface area contributed by atoms with Gasteiger partial charge in [0.1, 0.15) is 24.1 Å². The molecule has 226 valence electrons. The second-order valence-electron chi connectivity index (χ2n) is 9.75. The van der Waals surface area contributed by atoms with Gasteiger partial charge in [0.25, 0.3) is 10.0 Å². The van der Waals surface area contributed by atoms with Gasteiger partial charge in [0, 0.05) is 23.7 Å². The van der Waals surface area contributed by atoms with Gasteiger partial charge in [0.2, 0.25) is 11.8 Å². The number of methoxy groups -OCH3 is 2. The maximum atomic E-state index is 14.2. The highest BCUT2D eigenvalue weighted by atomic mass is 35.5. The highest BCUT2D eigenvalue weighted by molar-refractivity contribution is 7.92. The van der Waals surface area contributed by atoms with E-state index in [1.165, 1.54) is 37.3 Å². The monoisotopic (exact) mass is 615 g/mol. The number of carbonyl (C=O) groups excluding carboxylic acids is 2. The molecule has 2 atom stereocenters. The molecule has 1 N–H and O–H groups in total. The molecule has 0 saturated carbocycles. The highest BCUT2D eigenvalue weighted by Gasteiger charge is 2.35. The molecule has 0 saturated heterocycles. The number of halogens is 1. The summed E-state index contributed by atoms with van der Waals surface area (Å²) in [5.74, 6) is -0.274. The van der Waals surface area contributed by atoms with Crippen LogP contribution in [0, 0.1) is 0 Å². The summed E-state index contributed by atoms with van der Waals surface area (Å²) in [6, 6.07) is 18.5. The molecule has 0 radical (unpaired) electrons. The summed E-state index contributed by atoms with van der Waals surface area (Å²) in [4.78, 5) is 29.0. The molecule has 0 bridgehead atoms. The van der Waals surface area contributed by atoms with Crippen molar-refractivity contribution in [3.05, 3.63) is 83.4 Å². The lowest BCUT2D eigenvalue weighted by Crippen LogP contribution is -2.53. The number of nitrogens with one attached hydrogen (secondary N) is 1. The van der Waals surface area contributed by atoms with Gasteiger partial charge in [-0.3, -0.25) is 13.9 Å². The molecule has 3 aromatic rings. The molecular formula is C31H38ClN3O6S. The predicted octanol–water partition coefficient (Wildman–Crippen LogP) is 5.27. The van der Waals surface area contributed by atoms with Gasteiger partial charge < -0.3 is 19.7 Å². The predicted molar refractivity (Wildman–Crippen MR) is 164 cm³/mol. The number of amides is 2. The molecule has 2 amide bonds. The zero-order valence-corrected chi connectivity index (χ0v) is 26.1. The standard InChI is InChI=1S/C31H38ClN3O6S/c1-6-22(3)33-31(37)27(7-2)34(20-23-13-15-24(32)16-14-23)30(36)21-35(42(38,39)26-11-9-8-10-12-26)28-19-25(40-4)17-18-29(28)41-5/h8-19,22,27H,6-7,20-21H2,1-5H3,(H,33,37). The Labute approximate surface area is 253 Å². The molecule has 0 heterocycles. The molecule has 0 aromatic heterocycles. The van der Waals surface area contributed by atoms with Crippen molar-refractivity contribution in [1.82, 2.24) is 10.2 Å². The minimum atomic E-state index is -4.26. The molecule has 3 aromatic carbocycles. The molecular weight excluding hydrogens is 578 g/mol. The molecule has 0 aliphatic carbocycles. The average molecular weight is 616 g/mol. The number of hydrogen-bond donors (Lipinski definition) is 1. The van der Waals surface area contributed by atoms with Crippen molar-refractivity contribution in [3.63, 3.8) is 0 Å². The molecule has 0 aliphatic rings. The molecule has 0 spiro atoms. The van der Waals surface area contributed by atoms with Crippen LogP contribution in [0.2, 0.25) is 5.02 Å². The van der Waals surface area contributed by atoms with Gasteiger partial charge in [-0.25, -0.2) is 8.42 Å². The number of ether oxygens (including phenoxy) is 2. The second-order valence-corrected chi connectivity index (χ2v) is 12.1. The molecule has 3 rings (SSSR count). The molecule has 2 unspecified atom stereocenters. The number of carbonyl (C=O) groups is 2. The van der Waals surface area contributed by atoms with Crippen molar-refractivity contribution in [1.29, 1.82) is 0 Å². The Kier molecular flexibility index (Phi) is 11.6. The van der Waals surface area contributed by atoms with Crippen LogP contribution in [0.4, 0.5) is 5.69 Å². The first-order valence-electron chi connectivity index (χ1n) is 13.7. The van der Waals surface area contributed by atoms with Crippen LogP contribution in [0.5, 0.6) is 11.5 Å². The van der Waals surface area contributed by atoms with Gasteiger partial charge in [-0.2, -0.15) is 0 Å². The summed E-state index contributed by atoms with van der Waals surface area (Å²) >= 11 is 6.08. The van der Waals surface area contributed by atoms with Crippen molar-refractivity contribution >= 4 is 39.1 Å². The fraction of sp³-hybridized carbons (Fsp3) is 0.355. The SMILES string of the molecule is CCC(C)NC(=O)C(CC)N(Cc1ccc(Cl)cc1)C(=O)CN(c1cc(OC)ccc1OC)S(=O)(=O)c1ccccc1. The third kappa shape index (κ3) is 7.95. The van der Waals surface area contributed by atoms with E-state index in [2.05, 4.69) is 5.32 Å². The number of hydrogen-bond acceptors (Lipinski definition) is 6. The minimum absolute atomic E-state index is 0.00604. The lowest BCUT2D eigenvalue weighted by molar-refractivity contribution is -0.140. The topological polar surface area (TPSA) is 105 Å². The largest absolute Gasteiger partial charge is 0.497 e. The minimum Gasteiger partial charge on any atom is -0.497 e. The smallest absolute Gasteiger partial charge is 0.264 e. The fourth-order valence-electron chi connectivity index (χ4n) is 4.37. The quantitative estimate of drug-likeness (QED) is 0.265. The van der Waals surface area contributed by atoms with E-state index in [4.69, 9.17) is 21.1 Å². The van der Waals surface area contributed by atoms with Crippen molar-refractivity contribution in [2.75, 3.05) is 25.1 Å². The van der Waals surface area contributed by atoms with Gasteiger partial charge in [0.05, 0.1) is 24.8 Å². The Morgan fingerprint density at radius 1 is 0.929 bits per heavy atom. The number of anilines is 1. The molecule has 11 heteroatoms. The number of benzene rings is 3. The molecule has 0 fully saturated rings. The third-order valence-electron chi connectivity index (χ3n) is 6.92. The molecule has 9 nitrogen and oxygen atoms in total. The molecule has 0 aliphatic heterocycles. The lowest BCUT2D eigenvalue weighted by Gasteiger charge is -2.34. The first kappa shape index (κ1) is 32.8. The van der Waals surface area contributed by atoms with Crippen LogP contribution in [0.1, 0.15) is 39.2 Å². The van der Waals surface area contributed by atoms with Crippen molar-refractivity contribution in [2.24, 2.45) is 0 Å². The first-order chi connectivity index (χ1) is 20.0. The van der Waals surface area contributed by atoms with Crippen molar-refractivity contribution in [3.8, 4) is 11.5 Å². The van der Waals surface area contributed by atoms with Crippen LogP contribution in [0.25, 0.3) is 0 Å². The van der Waals surface area contributed by atoms with Gasteiger partial charge in [-0.1, -0.05) is 55.8 Å². The Hall–Kier alpha value is -3.76. The molecule has 42 heavy (non-hydrogen) atoms. The average Bonchev–Trinajstić information content (AvgIpc) is 3.00. The van der Waals surface area contributed by atoms with Crippen LogP contribution in [0.3, 0.4) is 0 Å². The summed E-state index contributed by atoms with van der Waals surface area (Å²) in [5.41, 5.74) is 0.858. The summed E-state index contributed by atoms with van der Waals surface area (Å²) in [7, 11) is -1.39. The lowest BCUT2D eigenvalue weighted by atomic mass is 10.1. The van der Waals surface area contributed by atoms with E-state index in [9.17, 15) is 18.0 Å². The fourth-order valence-corrected chi connectivity index (χ4v) is 5.94.